The summed E-state index contributed by atoms with van der Waals surface area (Å²) in [7, 11) is 3.10. The molecule has 1 fully saturated rings. The molecule has 20 heavy (non-hydrogen) atoms. The molecule has 1 aliphatic heterocycles. The minimum absolute atomic E-state index is 0.0720. The maximum atomic E-state index is 11.8. The SMILES string of the molecule is COc1ccc(CN2CC(C(=O)O)CC2=O)cc1OC. The zero-order valence-corrected chi connectivity index (χ0v) is 11.5. The highest BCUT2D eigenvalue weighted by Crippen LogP contribution is 2.29. The molecule has 1 saturated heterocycles. The van der Waals surface area contributed by atoms with E-state index in [1.807, 2.05) is 6.07 Å². The Morgan fingerprint density at radius 2 is 2.05 bits per heavy atom. The van der Waals surface area contributed by atoms with Crippen LogP contribution in [0.4, 0.5) is 0 Å². The summed E-state index contributed by atoms with van der Waals surface area (Å²) in [6.07, 6.45) is 0.0720. The van der Waals surface area contributed by atoms with E-state index in [-0.39, 0.29) is 18.9 Å². The van der Waals surface area contributed by atoms with Gasteiger partial charge in [-0.3, -0.25) is 9.59 Å². The van der Waals surface area contributed by atoms with Crippen molar-refractivity contribution >= 4 is 11.9 Å². The summed E-state index contributed by atoms with van der Waals surface area (Å²) in [5.74, 6) is -0.457. The third-order valence-corrected chi connectivity index (χ3v) is 3.39. The van der Waals surface area contributed by atoms with Gasteiger partial charge in [0.2, 0.25) is 5.91 Å². The van der Waals surface area contributed by atoms with Gasteiger partial charge in [-0.1, -0.05) is 6.07 Å². The van der Waals surface area contributed by atoms with E-state index in [0.717, 1.165) is 5.56 Å². The van der Waals surface area contributed by atoms with Crippen molar-refractivity contribution < 1.29 is 24.2 Å². The fraction of sp³-hybridized carbons (Fsp3) is 0.429. The van der Waals surface area contributed by atoms with Crippen LogP contribution in [0.2, 0.25) is 0 Å². The first-order valence-corrected chi connectivity index (χ1v) is 6.26. The van der Waals surface area contributed by atoms with Crippen molar-refractivity contribution in [2.24, 2.45) is 5.92 Å². The van der Waals surface area contributed by atoms with E-state index < -0.39 is 11.9 Å². The number of carboxylic acid groups (broad SMARTS) is 1. The maximum absolute atomic E-state index is 11.8. The Morgan fingerprint density at radius 1 is 1.35 bits per heavy atom. The van der Waals surface area contributed by atoms with Crippen LogP contribution in [0.15, 0.2) is 18.2 Å². The van der Waals surface area contributed by atoms with E-state index in [2.05, 4.69) is 0 Å². The lowest BCUT2D eigenvalue weighted by molar-refractivity contribution is -0.141. The van der Waals surface area contributed by atoms with Gasteiger partial charge in [-0.15, -0.1) is 0 Å². The average Bonchev–Trinajstić information content (AvgIpc) is 2.80. The van der Waals surface area contributed by atoms with Gasteiger partial charge in [0, 0.05) is 19.5 Å². The minimum Gasteiger partial charge on any atom is -0.493 e. The van der Waals surface area contributed by atoms with Crippen molar-refractivity contribution in [3.05, 3.63) is 23.8 Å². The number of ether oxygens (including phenoxy) is 2. The Bertz CT molecular complexity index is 528. The first kappa shape index (κ1) is 14.2. The topological polar surface area (TPSA) is 76.1 Å². The molecule has 1 aromatic rings. The summed E-state index contributed by atoms with van der Waals surface area (Å²) in [4.78, 5) is 24.2. The molecule has 1 amide bonds. The summed E-state index contributed by atoms with van der Waals surface area (Å²) in [6.45, 7) is 0.630. The van der Waals surface area contributed by atoms with Crippen LogP contribution in [-0.4, -0.2) is 42.6 Å². The van der Waals surface area contributed by atoms with Gasteiger partial charge in [-0.25, -0.2) is 0 Å². The van der Waals surface area contributed by atoms with E-state index in [1.54, 1.807) is 31.3 Å². The third kappa shape index (κ3) is 2.84. The highest BCUT2D eigenvalue weighted by atomic mass is 16.5. The first-order valence-electron chi connectivity index (χ1n) is 6.26. The molecular weight excluding hydrogens is 262 g/mol. The van der Waals surface area contributed by atoms with Crippen LogP contribution in [0, 0.1) is 5.92 Å². The molecule has 1 aliphatic rings. The second-order valence-corrected chi connectivity index (χ2v) is 4.70. The van der Waals surface area contributed by atoms with Gasteiger partial charge in [-0.2, -0.15) is 0 Å². The number of benzene rings is 1. The number of hydrogen-bond donors (Lipinski definition) is 1. The first-order chi connectivity index (χ1) is 9.55. The van der Waals surface area contributed by atoms with Gasteiger partial charge in [0.25, 0.3) is 0 Å². The predicted octanol–water partition coefficient (Wildman–Crippen LogP) is 1.14. The number of aliphatic carboxylic acids is 1. The van der Waals surface area contributed by atoms with Crippen LogP contribution in [-0.2, 0) is 16.1 Å². The minimum atomic E-state index is -0.923. The van der Waals surface area contributed by atoms with Crippen molar-refractivity contribution in [2.75, 3.05) is 20.8 Å². The van der Waals surface area contributed by atoms with Crippen LogP contribution >= 0.6 is 0 Å². The number of rotatable bonds is 5. The molecule has 2 rings (SSSR count). The maximum Gasteiger partial charge on any atom is 0.308 e. The van der Waals surface area contributed by atoms with Gasteiger partial charge in [0.15, 0.2) is 11.5 Å². The zero-order chi connectivity index (χ0) is 14.7. The van der Waals surface area contributed by atoms with Gasteiger partial charge in [0.1, 0.15) is 0 Å². The molecule has 1 unspecified atom stereocenters. The molecule has 0 radical (unpaired) electrons. The zero-order valence-electron chi connectivity index (χ0n) is 11.5. The van der Waals surface area contributed by atoms with Crippen molar-refractivity contribution in [1.82, 2.24) is 4.90 Å². The molecule has 6 heteroatoms. The molecule has 6 nitrogen and oxygen atoms in total. The second kappa shape index (κ2) is 5.81. The lowest BCUT2D eigenvalue weighted by Crippen LogP contribution is -2.25. The van der Waals surface area contributed by atoms with Crippen LogP contribution < -0.4 is 9.47 Å². The molecular formula is C14H17NO5. The fourth-order valence-electron chi connectivity index (χ4n) is 2.29. The monoisotopic (exact) mass is 279 g/mol. The summed E-state index contributed by atoms with van der Waals surface area (Å²) in [6, 6.07) is 5.40. The molecule has 1 atom stereocenters. The van der Waals surface area contributed by atoms with Crippen LogP contribution in [0.5, 0.6) is 11.5 Å². The van der Waals surface area contributed by atoms with Gasteiger partial charge in [-0.05, 0) is 17.7 Å². The number of carbonyl (C=O) groups excluding carboxylic acids is 1. The Labute approximate surface area is 116 Å². The molecule has 0 saturated carbocycles. The number of likely N-dealkylation sites (tertiary alicyclic amines) is 1. The molecule has 108 valence electrons. The van der Waals surface area contributed by atoms with Gasteiger partial charge >= 0.3 is 5.97 Å². The Morgan fingerprint density at radius 3 is 2.60 bits per heavy atom. The quantitative estimate of drug-likeness (QED) is 0.874. The van der Waals surface area contributed by atoms with E-state index in [0.29, 0.717) is 18.0 Å². The van der Waals surface area contributed by atoms with Crippen molar-refractivity contribution in [2.45, 2.75) is 13.0 Å². The summed E-state index contributed by atoms with van der Waals surface area (Å²) in [5, 5.41) is 8.95. The van der Waals surface area contributed by atoms with Crippen LogP contribution in [0.1, 0.15) is 12.0 Å². The number of methoxy groups -OCH3 is 2. The van der Waals surface area contributed by atoms with Crippen LogP contribution in [0.3, 0.4) is 0 Å². The van der Waals surface area contributed by atoms with Crippen LogP contribution in [0.25, 0.3) is 0 Å². The summed E-state index contributed by atoms with van der Waals surface area (Å²) < 4.78 is 10.4. The molecule has 0 aromatic heterocycles. The molecule has 0 bridgehead atoms. The second-order valence-electron chi connectivity index (χ2n) is 4.70. The lowest BCUT2D eigenvalue weighted by Gasteiger charge is -2.17. The number of amides is 1. The van der Waals surface area contributed by atoms with Crippen molar-refractivity contribution in [3.8, 4) is 11.5 Å². The normalized spacial score (nSPS) is 18.2. The Kier molecular flexibility index (Phi) is 4.12. The molecule has 1 heterocycles. The summed E-state index contributed by atoms with van der Waals surface area (Å²) in [5.41, 5.74) is 0.877. The average molecular weight is 279 g/mol. The van der Waals surface area contributed by atoms with E-state index in [9.17, 15) is 9.59 Å². The number of hydrogen-bond acceptors (Lipinski definition) is 4. The molecule has 1 N–H and O–H groups in total. The van der Waals surface area contributed by atoms with E-state index >= 15 is 0 Å². The Hall–Kier alpha value is -2.24. The van der Waals surface area contributed by atoms with Crippen molar-refractivity contribution in [3.63, 3.8) is 0 Å². The molecule has 0 spiro atoms. The van der Waals surface area contributed by atoms with Gasteiger partial charge < -0.3 is 19.5 Å². The lowest BCUT2D eigenvalue weighted by atomic mass is 10.1. The number of carbonyl (C=O) groups is 2. The standard InChI is InChI=1S/C14H17NO5/c1-19-11-4-3-9(5-12(11)20-2)7-15-8-10(14(17)18)6-13(15)16/h3-5,10H,6-8H2,1-2H3,(H,17,18). The number of nitrogens with zero attached hydrogens (tertiary/aromatic N) is 1. The van der Waals surface area contributed by atoms with Gasteiger partial charge in [0.05, 0.1) is 20.1 Å². The largest absolute Gasteiger partial charge is 0.493 e. The van der Waals surface area contributed by atoms with E-state index in [4.69, 9.17) is 14.6 Å². The highest BCUT2D eigenvalue weighted by molar-refractivity contribution is 5.86. The smallest absolute Gasteiger partial charge is 0.308 e. The van der Waals surface area contributed by atoms with E-state index in [1.165, 1.54) is 0 Å². The van der Waals surface area contributed by atoms with Crippen molar-refractivity contribution in [1.29, 1.82) is 0 Å². The molecule has 0 aliphatic carbocycles. The predicted molar refractivity (Wildman–Crippen MR) is 70.7 cm³/mol. The highest BCUT2D eigenvalue weighted by Gasteiger charge is 2.34. The Balaban J connectivity index is 2.10. The molecule has 1 aromatic carbocycles. The third-order valence-electron chi connectivity index (χ3n) is 3.39. The summed E-state index contributed by atoms with van der Waals surface area (Å²) >= 11 is 0. The fourth-order valence-corrected chi connectivity index (χ4v) is 2.29. The number of carboxylic acids is 1.